The first-order chi connectivity index (χ1) is 9.22. The lowest BCUT2D eigenvalue weighted by Crippen LogP contribution is -1.98. The summed E-state index contributed by atoms with van der Waals surface area (Å²) < 4.78 is 5.58. The van der Waals surface area contributed by atoms with E-state index in [2.05, 4.69) is 28.1 Å². The van der Waals surface area contributed by atoms with E-state index in [9.17, 15) is 0 Å². The van der Waals surface area contributed by atoms with Crippen LogP contribution in [0.5, 0.6) is 0 Å². The van der Waals surface area contributed by atoms with Gasteiger partial charge in [-0.15, -0.1) is 0 Å². The normalized spacial score (nSPS) is 10.7. The number of benzene rings is 2. The maximum atomic E-state index is 6.07. The first-order valence-corrected chi connectivity index (χ1v) is 7.77. The minimum Gasteiger partial charge on any atom is -0.376 e. The Balaban J connectivity index is 2.30. The Kier molecular flexibility index (Phi) is 5.71. The number of hydrogen-bond donors (Lipinski definition) is 0. The summed E-state index contributed by atoms with van der Waals surface area (Å²) in [6.07, 6.45) is 0. The predicted molar refractivity (Wildman–Crippen MR) is 85.3 cm³/mol. The highest BCUT2D eigenvalue weighted by molar-refractivity contribution is 9.09. The molecule has 0 saturated heterocycles. The largest absolute Gasteiger partial charge is 0.376 e. The van der Waals surface area contributed by atoms with E-state index in [0.717, 1.165) is 22.0 Å². The fraction of sp³-hybridized carbons (Fsp3) is 0.200. The van der Waals surface area contributed by atoms with Gasteiger partial charge in [0.05, 0.1) is 23.3 Å². The second kappa shape index (κ2) is 7.30. The van der Waals surface area contributed by atoms with Crippen molar-refractivity contribution < 1.29 is 4.74 Å². The standard InChI is InChI=1S/C15H13BrCl2O/c16-7-8-19-10-12-3-1-2-4-13(12)11-5-6-14(17)15(18)9-11/h1-6,9H,7-8,10H2. The summed E-state index contributed by atoms with van der Waals surface area (Å²) in [7, 11) is 0. The lowest BCUT2D eigenvalue weighted by molar-refractivity contribution is 0.137. The Labute approximate surface area is 131 Å². The number of ether oxygens (including phenoxy) is 1. The Bertz CT molecular complexity index is 558. The van der Waals surface area contributed by atoms with Gasteiger partial charge in [-0.3, -0.25) is 0 Å². The molecule has 1 nitrogen and oxygen atoms in total. The van der Waals surface area contributed by atoms with Crippen molar-refractivity contribution in [2.75, 3.05) is 11.9 Å². The molecule has 100 valence electrons. The minimum absolute atomic E-state index is 0.565. The van der Waals surface area contributed by atoms with Gasteiger partial charge < -0.3 is 4.74 Å². The molecule has 2 aromatic rings. The van der Waals surface area contributed by atoms with Crippen LogP contribution < -0.4 is 0 Å². The smallest absolute Gasteiger partial charge is 0.0723 e. The number of halogens is 3. The summed E-state index contributed by atoms with van der Waals surface area (Å²) in [4.78, 5) is 0. The fourth-order valence-corrected chi connectivity index (χ4v) is 2.36. The molecule has 4 heteroatoms. The van der Waals surface area contributed by atoms with E-state index in [-0.39, 0.29) is 0 Å². The summed E-state index contributed by atoms with van der Waals surface area (Å²) in [5.41, 5.74) is 3.31. The van der Waals surface area contributed by atoms with E-state index in [4.69, 9.17) is 27.9 Å². The lowest BCUT2D eigenvalue weighted by Gasteiger charge is -2.10. The van der Waals surface area contributed by atoms with Crippen molar-refractivity contribution in [2.24, 2.45) is 0 Å². The predicted octanol–water partition coefficient (Wildman–Crippen LogP) is 5.57. The lowest BCUT2D eigenvalue weighted by atomic mass is 10.0. The SMILES string of the molecule is Clc1ccc(-c2ccccc2COCCBr)cc1Cl. The molecule has 2 rings (SSSR count). The molecule has 0 aliphatic rings. The maximum absolute atomic E-state index is 6.07. The molecule has 2 aromatic carbocycles. The Morgan fingerprint density at radius 3 is 2.53 bits per heavy atom. The number of alkyl halides is 1. The van der Waals surface area contributed by atoms with Crippen LogP contribution in [-0.4, -0.2) is 11.9 Å². The van der Waals surface area contributed by atoms with Gasteiger partial charge in [0, 0.05) is 5.33 Å². The summed E-state index contributed by atoms with van der Waals surface area (Å²) in [5.74, 6) is 0. The molecule has 0 fully saturated rings. The van der Waals surface area contributed by atoms with E-state index in [1.54, 1.807) is 0 Å². The van der Waals surface area contributed by atoms with Crippen LogP contribution in [0, 0.1) is 0 Å². The van der Waals surface area contributed by atoms with E-state index < -0.39 is 0 Å². The molecule has 0 radical (unpaired) electrons. The zero-order valence-corrected chi connectivity index (χ0v) is 13.3. The second-order valence-electron chi connectivity index (χ2n) is 4.03. The van der Waals surface area contributed by atoms with Crippen LogP contribution in [0.3, 0.4) is 0 Å². The third kappa shape index (κ3) is 3.96. The van der Waals surface area contributed by atoms with Crippen molar-refractivity contribution >= 4 is 39.1 Å². The van der Waals surface area contributed by atoms with Crippen molar-refractivity contribution in [3.63, 3.8) is 0 Å². The summed E-state index contributed by atoms with van der Waals surface area (Å²) in [6, 6.07) is 13.8. The summed E-state index contributed by atoms with van der Waals surface area (Å²) in [5, 5.41) is 1.97. The second-order valence-corrected chi connectivity index (χ2v) is 5.64. The molecule has 19 heavy (non-hydrogen) atoms. The molecule has 0 bridgehead atoms. The van der Waals surface area contributed by atoms with Gasteiger partial charge in [-0.2, -0.15) is 0 Å². The molecule has 0 aliphatic carbocycles. The quantitative estimate of drug-likeness (QED) is 0.500. The topological polar surface area (TPSA) is 9.23 Å². The average molecular weight is 360 g/mol. The van der Waals surface area contributed by atoms with Gasteiger partial charge in [0.2, 0.25) is 0 Å². The molecule has 0 aliphatic heterocycles. The van der Waals surface area contributed by atoms with Crippen LogP contribution in [0.15, 0.2) is 42.5 Å². The first kappa shape index (κ1) is 14.9. The van der Waals surface area contributed by atoms with Gasteiger partial charge in [-0.05, 0) is 28.8 Å². The highest BCUT2D eigenvalue weighted by atomic mass is 79.9. The molecule has 0 aromatic heterocycles. The third-order valence-corrected chi connectivity index (χ3v) is 3.79. The van der Waals surface area contributed by atoms with Gasteiger partial charge in [0.25, 0.3) is 0 Å². The third-order valence-electron chi connectivity index (χ3n) is 2.73. The van der Waals surface area contributed by atoms with E-state index in [1.807, 2.05) is 30.3 Å². The monoisotopic (exact) mass is 358 g/mol. The highest BCUT2D eigenvalue weighted by Crippen LogP contribution is 2.30. The molecular weight excluding hydrogens is 347 g/mol. The molecule has 0 unspecified atom stereocenters. The number of rotatable bonds is 5. The van der Waals surface area contributed by atoms with Crippen LogP contribution in [-0.2, 0) is 11.3 Å². The maximum Gasteiger partial charge on any atom is 0.0723 e. The van der Waals surface area contributed by atoms with Gasteiger partial charge in [-0.25, -0.2) is 0 Å². The highest BCUT2D eigenvalue weighted by Gasteiger charge is 2.06. The molecule has 0 heterocycles. The fourth-order valence-electron chi connectivity index (χ4n) is 1.83. The number of hydrogen-bond acceptors (Lipinski definition) is 1. The summed E-state index contributed by atoms with van der Waals surface area (Å²) >= 11 is 15.4. The Morgan fingerprint density at radius 2 is 1.79 bits per heavy atom. The molecule has 0 saturated carbocycles. The molecule has 0 N–H and O–H groups in total. The van der Waals surface area contributed by atoms with Crippen molar-refractivity contribution in [2.45, 2.75) is 6.61 Å². The van der Waals surface area contributed by atoms with Crippen molar-refractivity contribution in [1.29, 1.82) is 0 Å². The van der Waals surface area contributed by atoms with Crippen LogP contribution in [0.25, 0.3) is 11.1 Å². The van der Waals surface area contributed by atoms with Crippen LogP contribution in [0.1, 0.15) is 5.56 Å². The van der Waals surface area contributed by atoms with Crippen molar-refractivity contribution in [1.82, 2.24) is 0 Å². The van der Waals surface area contributed by atoms with Gasteiger partial charge in [0.1, 0.15) is 0 Å². The first-order valence-electron chi connectivity index (χ1n) is 5.89. The van der Waals surface area contributed by atoms with Gasteiger partial charge in [0.15, 0.2) is 0 Å². The van der Waals surface area contributed by atoms with E-state index >= 15 is 0 Å². The van der Waals surface area contributed by atoms with Crippen LogP contribution in [0.2, 0.25) is 10.0 Å². The van der Waals surface area contributed by atoms with Crippen molar-refractivity contribution in [3.05, 3.63) is 58.1 Å². The zero-order chi connectivity index (χ0) is 13.7. The van der Waals surface area contributed by atoms with E-state index in [1.165, 1.54) is 0 Å². The molecule has 0 spiro atoms. The molecular formula is C15H13BrCl2O. The van der Waals surface area contributed by atoms with E-state index in [0.29, 0.717) is 23.3 Å². The average Bonchev–Trinajstić information content (AvgIpc) is 2.43. The summed E-state index contributed by atoms with van der Waals surface area (Å²) in [6.45, 7) is 1.28. The molecule has 0 amide bonds. The minimum atomic E-state index is 0.565. The Morgan fingerprint density at radius 1 is 1.00 bits per heavy atom. The van der Waals surface area contributed by atoms with Crippen molar-refractivity contribution in [3.8, 4) is 11.1 Å². The molecule has 0 atom stereocenters. The Hall–Kier alpha value is -0.540. The van der Waals surface area contributed by atoms with Crippen LogP contribution in [0.4, 0.5) is 0 Å². The van der Waals surface area contributed by atoms with Gasteiger partial charge >= 0.3 is 0 Å². The van der Waals surface area contributed by atoms with Gasteiger partial charge in [-0.1, -0.05) is 69.5 Å². The zero-order valence-electron chi connectivity index (χ0n) is 10.2. The van der Waals surface area contributed by atoms with Crippen LogP contribution >= 0.6 is 39.1 Å².